The highest BCUT2D eigenvalue weighted by Crippen LogP contribution is 2.45. The molecule has 0 atom stereocenters. The van der Waals surface area contributed by atoms with Gasteiger partial charge in [0, 0.05) is 18.8 Å². The Morgan fingerprint density at radius 3 is 1.84 bits per heavy atom. The molecule has 2 aliphatic rings. The topological polar surface area (TPSA) is 27.0 Å². The van der Waals surface area contributed by atoms with Crippen LogP contribution in [-0.4, -0.2) is 13.1 Å². The molecule has 4 rings (SSSR count). The normalized spacial score (nSPS) is 15.7. The van der Waals surface area contributed by atoms with Crippen molar-refractivity contribution in [2.24, 2.45) is 0 Å². The lowest BCUT2D eigenvalue weighted by atomic mass is 9.79. The molecule has 0 aromatic heterocycles. The van der Waals surface area contributed by atoms with E-state index >= 15 is 0 Å². The van der Waals surface area contributed by atoms with Gasteiger partial charge in [-0.15, -0.1) is 0 Å². The molecule has 0 saturated heterocycles. The molecule has 0 fully saturated rings. The molecule has 25 heavy (non-hydrogen) atoms. The predicted octanol–water partition coefficient (Wildman–Crippen LogP) is 5.16. The summed E-state index contributed by atoms with van der Waals surface area (Å²) >= 11 is 0. The zero-order chi connectivity index (χ0) is 17.7. The lowest BCUT2D eigenvalue weighted by molar-refractivity contribution is 0.630. The van der Waals surface area contributed by atoms with E-state index in [0.717, 1.165) is 5.56 Å². The van der Waals surface area contributed by atoms with Crippen molar-refractivity contribution in [1.82, 2.24) is 0 Å². The van der Waals surface area contributed by atoms with Crippen LogP contribution >= 0.6 is 0 Å². The van der Waals surface area contributed by atoms with Gasteiger partial charge >= 0.3 is 0 Å². The number of nitrogens with zero attached hydrogens (tertiary/aromatic N) is 2. The van der Waals surface area contributed by atoms with E-state index in [2.05, 4.69) is 38.7 Å². The molecule has 0 spiro atoms. The van der Waals surface area contributed by atoms with Crippen LogP contribution in [0.4, 0.5) is 5.69 Å². The summed E-state index contributed by atoms with van der Waals surface area (Å²) in [7, 11) is 0. The van der Waals surface area contributed by atoms with Crippen molar-refractivity contribution in [1.29, 1.82) is 5.26 Å². The zero-order valence-electron chi connectivity index (χ0n) is 15.8. The second-order valence-electron chi connectivity index (χ2n) is 7.72. The Balaban J connectivity index is 2.04. The van der Waals surface area contributed by atoms with Crippen molar-refractivity contribution in [2.45, 2.75) is 53.4 Å². The first-order chi connectivity index (χ1) is 12.0. The van der Waals surface area contributed by atoms with Gasteiger partial charge in [0.2, 0.25) is 0 Å². The smallest absolute Gasteiger partial charge is 0.0991 e. The maximum absolute atomic E-state index is 9.28. The van der Waals surface area contributed by atoms with Crippen LogP contribution in [0.5, 0.6) is 0 Å². The molecule has 0 saturated carbocycles. The molecule has 0 unspecified atom stereocenters. The molecule has 2 aromatic rings. The molecular weight excluding hydrogens is 304 g/mol. The first-order valence-electron chi connectivity index (χ1n) is 9.44. The zero-order valence-corrected chi connectivity index (χ0v) is 15.8. The summed E-state index contributed by atoms with van der Waals surface area (Å²) in [6, 6.07) is 6.38. The summed E-state index contributed by atoms with van der Waals surface area (Å²) in [5, 5.41) is 9.28. The van der Waals surface area contributed by atoms with E-state index in [-0.39, 0.29) is 0 Å². The molecule has 2 nitrogen and oxygen atoms in total. The summed E-state index contributed by atoms with van der Waals surface area (Å²) < 4.78 is 0. The first-order valence-corrected chi connectivity index (χ1v) is 9.44. The largest absolute Gasteiger partial charge is 0.371 e. The van der Waals surface area contributed by atoms with E-state index in [1.165, 1.54) is 72.2 Å². The first kappa shape index (κ1) is 16.2. The van der Waals surface area contributed by atoms with Gasteiger partial charge in [0.1, 0.15) is 0 Å². The van der Waals surface area contributed by atoms with Crippen LogP contribution in [0, 0.1) is 39.0 Å². The number of benzene rings is 2. The lowest BCUT2D eigenvalue weighted by Gasteiger charge is -2.39. The molecule has 2 heterocycles. The monoisotopic (exact) mass is 330 g/mol. The van der Waals surface area contributed by atoms with Crippen LogP contribution in [0.3, 0.4) is 0 Å². The summed E-state index contributed by atoms with van der Waals surface area (Å²) in [6.07, 6.45) is 4.93. The Kier molecular flexibility index (Phi) is 3.84. The lowest BCUT2D eigenvalue weighted by Crippen LogP contribution is -2.35. The Bertz CT molecular complexity index is 855. The standard InChI is InChI=1S/C23H26N2/c1-14-11-18(13-24)12-15(2)21(14)22-16(3)19-7-5-9-25-10-6-8-20(17(22)4)23(19)25/h11-12H,5-10H2,1-4H3. The molecule has 0 aliphatic carbocycles. The van der Waals surface area contributed by atoms with Crippen molar-refractivity contribution in [3.05, 3.63) is 51.1 Å². The van der Waals surface area contributed by atoms with Crippen LogP contribution in [0.1, 0.15) is 51.8 Å². The van der Waals surface area contributed by atoms with Crippen LogP contribution in [0.25, 0.3) is 11.1 Å². The highest BCUT2D eigenvalue weighted by atomic mass is 15.1. The number of nitriles is 1. The van der Waals surface area contributed by atoms with Gasteiger partial charge < -0.3 is 4.90 Å². The Hall–Kier alpha value is -2.27. The van der Waals surface area contributed by atoms with E-state index < -0.39 is 0 Å². The van der Waals surface area contributed by atoms with Gasteiger partial charge in [-0.1, -0.05) is 0 Å². The fourth-order valence-corrected chi connectivity index (χ4v) is 5.14. The Labute approximate surface area is 151 Å². The number of aryl methyl sites for hydroxylation is 2. The maximum Gasteiger partial charge on any atom is 0.0991 e. The fraction of sp³-hybridized carbons (Fsp3) is 0.435. The van der Waals surface area contributed by atoms with Crippen LogP contribution in [0.2, 0.25) is 0 Å². The SMILES string of the molecule is Cc1cc(C#N)cc(C)c1-c1c(C)c2c3c(c1C)CCCN3CCC2. The van der Waals surface area contributed by atoms with E-state index in [9.17, 15) is 5.26 Å². The van der Waals surface area contributed by atoms with Crippen LogP contribution < -0.4 is 4.90 Å². The average Bonchev–Trinajstić information content (AvgIpc) is 2.61. The number of rotatable bonds is 1. The molecule has 0 amide bonds. The van der Waals surface area contributed by atoms with Gasteiger partial charge in [-0.3, -0.25) is 0 Å². The van der Waals surface area contributed by atoms with Gasteiger partial charge in [0.05, 0.1) is 11.6 Å². The second-order valence-corrected chi connectivity index (χ2v) is 7.72. The molecule has 0 N–H and O–H groups in total. The summed E-state index contributed by atoms with van der Waals surface area (Å²) in [5.41, 5.74) is 13.6. The Morgan fingerprint density at radius 2 is 1.36 bits per heavy atom. The molecule has 0 bridgehead atoms. The van der Waals surface area contributed by atoms with Gasteiger partial charge in [0.25, 0.3) is 0 Å². The number of hydrogen-bond donors (Lipinski definition) is 0. The van der Waals surface area contributed by atoms with Gasteiger partial charge in [-0.2, -0.15) is 5.26 Å². The summed E-state index contributed by atoms with van der Waals surface area (Å²) in [4.78, 5) is 2.62. The predicted molar refractivity (Wildman–Crippen MR) is 104 cm³/mol. The molecule has 2 aromatic carbocycles. The Morgan fingerprint density at radius 1 is 0.840 bits per heavy atom. The van der Waals surface area contributed by atoms with Gasteiger partial charge in [-0.05, 0) is 110 Å². The number of hydrogen-bond acceptors (Lipinski definition) is 2. The number of anilines is 1. The van der Waals surface area contributed by atoms with Crippen molar-refractivity contribution in [3.63, 3.8) is 0 Å². The van der Waals surface area contributed by atoms with Crippen molar-refractivity contribution < 1.29 is 0 Å². The third-order valence-corrected chi connectivity index (χ3v) is 6.16. The van der Waals surface area contributed by atoms with Gasteiger partial charge in [0.15, 0.2) is 0 Å². The van der Waals surface area contributed by atoms with E-state index in [1.807, 2.05) is 12.1 Å². The molecule has 0 radical (unpaired) electrons. The molecular formula is C23H26N2. The third-order valence-electron chi connectivity index (χ3n) is 6.16. The third kappa shape index (κ3) is 2.37. The molecule has 2 aliphatic heterocycles. The molecule has 2 heteroatoms. The molecule has 128 valence electrons. The second kappa shape index (κ2) is 5.92. The minimum absolute atomic E-state index is 0.763. The van der Waals surface area contributed by atoms with Crippen molar-refractivity contribution in [3.8, 4) is 17.2 Å². The summed E-state index contributed by atoms with van der Waals surface area (Å²) in [5.74, 6) is 0. The average molecular weight is 330 g/mol. The van der Waals surface area contributed by atoms with Crippen LogP contribution in [-0.2, 0) is 12.8 Å². The van der Waals surface area contributed by atoms with Crippen molar-refractivity contribution in [2.75, 3.05) is 18.0 Å². The minimum Gasteiger partial charge on any atom is -0.371 e. The fourth-order valence-electron chi connectivity index (χ4n) is 5.14. The highest BCUT2D eigenvalue weighted by Gasteiger charge is 2.29. The van der Waals surface area contributed by atoms with E-state index in [0.29, 0.717) is 0 Å². The van der Waals surface area contributed by atoms with Crippen LogP contribution in [0.15, 0.2) is 12.1 Å². The van der Waals surface area contributed by atoms with Gasteiger partial charge in [-0.25, -0.2) is 0 Å². The quantitative estimate of drug-likeness (QED) is 0.722. The highest BCUT2D eigenvalue weighted by molar-refractivity contribution is 5.84. The minimum atomic E-state index is 0.763. The van der Waals surface area contributed by atoms with Crippen molar-refractivity contribution >= 4 is 5.69 Å². The van der Waals surface area contributed by atoms with E-state index in [4.69, 9.17) is 0 Å². The summed E-state index contributed by atoms with van der Waals surface area (Å²) in [6.45, 7) is 11.4. The maximum atomic E-state index is 9.28. The van der Waals surface area contributed by atoms with E-state index in [1.54, 1.807) is 16.8 Å².